The fourth-order valence-electron chi connectivity index (χ4n) is 16.6. The zero-order chi connectivity index (χ0) is 77.8. The van der Waals surface area contributed by atoms with E-state index in [1.165, 1.54) is 551 Å². The predicted molar refractivity (Wildman–Crippen MR) is 481 cm³/mol. The second-order valence-corrected chi connectivity index (χ2v) is 37.4. The SMILES string of the molecule is CCCCCCCCCCCCCCCCCCCCCCCCCCCCCCCCCCCCCCCCCCCCc1ccc(S(=O)(=O)[O-])cc1.CCCCCCCCCCCCCCCCCCCCCCCCCCCCCCCCCCCCCCCCCCCCc1ccc(S(=O)(=O)[O-])cc1.[Mg+2]. The van der Waals surface area contributed by atoms with Crippen LogP contribution >= 0.6 is 0 Å². The quantitative estimate of drug-likeness (QED) is 0.0370. The van der Waals surface area contributed by atoms with Gasteiger partial charge in [0.2, 0.25) is 0 Å². The van der Waals surface area contributed by atoms with Crippen molar-refractivity contribution >= 4 is 43.3 Å². The molecule has 0 spiro atoms. The van der Waals surface area contributed by atoms with Gasteiger partial charge in [-0.15, -0.1) is 0 Å². The van der Waals surface area contributed by atoms with E-state index in [0.29, 0.717) is 0 Å². The normalized spacial score (nSPS) is 11.8. The minimum Gasteiger partial charge on any atom is -0.744 e. The van der Waals surface area contributed by atoms with Crippen LogP contribution in [0.25, 0.3) is 0 Å². The molecule has 0 saturated heterocycles. The van der Waals surface area contributed by atoms with Gasteiger partial charge in [0, 0.05) is 0 Å². The van der Waals surface area contributed by atoms with Crippen LogP contribution < -0.4 is 0 Å². The van der Waals surface area contributed by atoms with Crippen molar-refractivity contribution in [1.82, 2.24) is 0 Å². The van der Waals surface area contributed by atoms with Crippen LogP contribution in [0.1, 0.15) is 564 Å². The van der Waals surface area contributed by atoms with Crippen molar-refractivity contribution in [2.75, 3.05) is 0 Å². The summed E-state index contributed by atoms with van der Waals surface area (Å²) in [4.78, 5) is -0.262. The fourth-order valence-corrected chi connectivity index (χ4v) is 17.5. The molecule has 9 heteroatoms. The van der Waals surface area contributed by atoms with E-state index >= 15 is 0 Å². The van der Waals surface area contributed by atoms with Crippen molar-refractivity contribution in [2.45, 2.75) is 576 Å². The molecule has 0 aromatic heterocycles. The van der Waals surface area contributed by atoms with Crippen LogP contribution in [0, 0.1) is 0 Å². The third-order valence-corrected chi connectivity index (χ3v) is 25.8. The van der Waals surface area contributed by atoms with Crippen molar-refractivity contribution in [3.63, 3.8) is 0 Å². The molecule has 0 radical (unpaired) electrons. The number of aryl methyl sites for hydroxylation is 2. The molecule has 0 fully saturated rings. The number of rotatable bonds is 88. The van der Waals surface area contributed by atoms with Gasteiger partial charge in [0.15, 0.2) is 0 Å². The van der Waals surface area contributed by atoms with E-state index in [2.05, 4.69) is 13.8 Å². The molecule has 0 bridgehead atoms. The van der Waals surface area contributed by atoms with Gasteiger partial charge in [-0.25, -0.2) is 16.8 Å². The van der Waals surface area contributed by atoms with Crippen LogP contribution in [0.5, 0.6) is 0 Å². The summed E-state index contributed by atoms with van der Waals surface area (Å²) >= 11 is 0. The summed E-state index contributed by atoms with van der Waals surface area (Å²) in [6.45, 7) is 4.61. The maximum Gasteiger partial charge on any atom is 2.00 e. The average molecular weight is 1570 g/mol. The van der Waals surface area contributed by atoms with Gasteiger partial charge < -0.3 is 9.11 Å². The number of hydrogen-bond donors (Lipinski definition) is 0. The first-order valence-corrected chi connectivity index (χ1v) is 52.0. The topological polar surface area (TPSA) is 114 Å². The van der Waals surface area contributed by atoms with E-state index < -0.39 is 20.2 Å². The fraction of sp³-hybridized carbons (Fsp3) is 0.880. The second-order valence-electron chi connectivity index (χ2n) is 34.7. The molecule has 0 atom stereocenters. The Morgan fingerprint density at radius 2 is 0.257 bits per heavy atom. The molecule has 2 aromatic rings. The summed E-state index contributed by atoms with van der Waals surface area (Å²) in [5.41, 5.74) is 2.23. The molecular weight excluding hydrogens is 1390 g/mol. The molecule has 109 heavy (non-hydrogen) atoms. The standard InChI is InChI=1S/2C50H94O3S.Mg/c2*1-2-3-4-5-6-7-8-9-10-11-12-13-14-15-16-17-18-19-20-21-22-23-24-25-26-27-28-29-30-31-32-33-34-35-36-37-38-39-40-41-42-43-44-49-45-47-50(48-46-49)54(51,52)53;/h2*45-48H,2-44H2,1H3,(H,51,52,53);/q;;+2/p-2. The molecule has 6 nitrogen and oxygen atoms in total. The zero-order valence-electron chi connectivity index (χ0n) is 73.4. The second kappa shape index (κ2) is 87.9. The summed E-state index contributed by atoms with van der Waals surface area (Å²) in [7, 11) is -8.67. The Labute approximate surface area is 699 Å². The third-order valence-electron chi connectivity index (χ3n) is 24.1. The van der Waals surface area contributed by atoms with Gasteiger partial charge in [-0.05, 0) is 61.1 Å². The van der Waals surface area contributed by atoms with E-state index in [4.69, 9.17) is 0 Å². The molecular formula is C100H186MgO6S2. The molecule has 636 valence electrons. The van der Waals surface area contributed by atoms with Gasteiger partial charge in [0.05, 0.1) is 9.79 Å². The Morgan fingerprint density at radius 3 is 0.349 bits per heavy atom. The molecule has 0 heterocycles. The Hall–Kier alpha value is -0.974. The molecule has 0 N–H and O–H groups in total. The van der Waals surface area contributed by atoms with Crippen LogP contribution in [-0.2, 0) is 33.1 Å². The van der Waals surface area contributed by atoms with E-state index in [9.17, 15) is 25.9 Å². The third kappa shape index (κ3) is 83.3. The zero-order valence-corrected chi connectivity index (χ0v) is 76.5. The number of hydrogen-bond acceptors (Lipinski definition) is 6. The molecule has 2 rings (SSSR count). The monoisotopic (exact) mass is 1570 g/mol. The molecule has 2 aromatic carbocycles. The van der Waals surface area contributed by atoms with E-state index in [1.807, 2.05) is 0 Å². The molecule has 0 aliphatic rings. The molecule has 0 amide bonds. The first-order valence-electron chi connectivity index (χ1n) is 49.2. The van der Waals surface area contributed by atoms with Crippen LogP contribution in [0.15, 0.2) is 58.3 Å². The van der Waals surface area contributed by atoms with Gasteiger partial charge in [-0.2, -0.15) is 0 Å². The Bertz CT molecular complexity index is 2110. The molecule has 0 aliphatic carbocycles. The summed E-state index contributed by atoms with van der Waals surface area (Å²) in [5.74, 6) is 0. The Morgan fingerprint density at radius 1 is 0.165 bits per heavy atom. The maximum absolute atomic E-state index is 11.0. The first kappa shape index (κ1) is 108. The van der Waals surface area contributed by atoms with Gasteiger partial charge in [0.25, 0.3) is 0 Å². The van der Waals surface area contributed by atoms with Crippen molar-refractivity contribution in [1.29, 1.82) is 0 Å². The number of unbranched alkanes of at least 4 members (excludes halogenated alkanes) is 82. The summed E-state index contributed by atoms with van der Waals surface area (Å²) < 4.78 is 66.1. The Kier molecular flexibility index (Phi) is 87.1. The van der Waals surface area contributed by atoms with Crippen molar-refractivity contribution in [2.24, 2.45) is 0 Å². The number of benzene rings is 2. The first-order chi connectivity index (χ1) is 53.1. The van der Waals surface area contributed by atoms with Crippen molar-refractivity contribution < 1.29 is 25.9 Å². The Balaban J connectivity index is 0.00000212. The van der Waals surface area contributed by atoms with E-state index in [1.54, 1.807) is 24.3 Å². The predicted octanol–water partition coefficient (Wildman–Crippen LogP) is 34.7. The largest absolute Gasteiger partial charge is 2.00 e. The van der Waals surface area contributed by atoms with Crippen LogP contribution in [0.3, 0.4) is 0 Å². The minimum atomic E-state index is -4.33. The smallest absolute Gasteiger partial charge is 0.744 e. The maximum atomic E-state index is 11.0. The van der Waals surface area contributed by atoms with E-state index in [-0.39, 0.29) is 32.8 Å². The van der Waals surface area contributed by atoms with Crippen LogP contribution in [-0.4, -0.2) is 49.0 Å². The van der Waals surface area contributed by atoms with Gasteiger partial charge in [0.1, 0.15) is 20.2 Å². The van der Waals surface area contributed by atoms with Gasteiger partial charge in [-0.3, -0.25) is 0 Å². The average Bonchev–Trinajstić information content (AvgIpc) is 0.869. The van der Waals surface area contributed by atoms with Crippen molar-refractivity contribution in [3.8, 4) is 0 Å². The summed E-state index contributed by atoms with van der Waals surface area (Å²) in [6.07, 6.45) is 123. The van der Waals surface area contributed by atoms with Gasteiger partial charge in [-0.1, -0.05) is 565 Å². The molecule has 0 saturated carbocycles. The van der Waals surface area contributed by atoms with Crippen molar-refractivity contribution in [3.05, 3.63) is 59.7 Å². The molecule has 0 aliphatic heterocycles. The van der Waals surface area contributed by atoms with E-state index in [0.717, 1.165) is 36.8 Å². The van der Waals surface area contributed by atoms with Crippen LogP contribution in [0.2, 0.25) is 0 Å². The van der Waals surface area contributed by atoms with Crippen LogP contribution in [0.4, 0.5) is 0 Å². The molecule has 0 unspecified atom stereocenters. The minimum absolute atomic E-state index is 0. The summed E-state index contributed by atoms with van der Waals surface area (Å²) in [6, 6.07) is 12.8. The summed E-state index contributed by atoms with van der Waals surface area (Å²) in [5, 5.41) is 0. The van der Waals surface area contributed by atoms with Gasteiger partial charge >= 0.3 is 23.1 Å².